The molecule has 2 aromatic rings. The summed E-state index contributed by atoms with van der Waals surface area (Å²) in [6.07, 6.45) is 2.19. The quantitative estimate of drug-likeness (QED) is 0.842. The Kier molecular flexibility index (Phi) is 6.53. The van der Waals surface area contributed by atoms with E-state index < -0.39 is 0 Å². The van der Waals surface area contributed by atoms with Crippen molar-refractivity contribution in [1.29, 1.82) is 0 Å². The summed E-state index contributed by atoms with van der Waals surface area (Å²) in [6.45, 7) is 3.47. The molecule has 2 aromatic carbocycles. The van der Waals surface area contributed by atoms with Crippen molar-refractivity contribution in [2.45, 2.75) is 25.5 Å². The van der Waals surface area contributed by atoms with Crippen molar-refractivity contribution in [3.8, 4) is 0 Å². The summed E-state index contributed by atoms with van der Waals surface area (Å²) in [7, 11) is 1.81. The number of rotatable bonds is 6. The molecule has 0 saturated carbocycles. The lowest BCUT2D eigenvalue weighted by molar-refractivity contribution is -0.890. The summed E-state index contributed by atoms with van der Waals surface area (Å²) in [6, 6.07) is 17.5. The van der Waals surface area contributed by atoms with Gasteiger partial charge >= 0.3 is 6.09 Å². The minimum absolute atomic E-state index is 0.0509. The lowest BCUT2D eigenvalue weighted by Crippen LogP contribution is -3.10. The van der Waals surface area contributed by atoms with Crippen LogP contribution in [0.5, 0.6) is 0 Å². The number of likely N-dealkylation sites (N-methyl/N-ethyl adjacent to an activating group) is 1. The van der Waals surface area contributed by atoms with Gasteiger partial charge in [-0.2, -0.15) is 0 Å². The first-order valence-electron chi connectivity index (χ1n) is 9.16. The number of hydrogen-bond donors (Lipinski definition) is 1. The van der Waals surface area contributed by atoms with Crippen LogP contribution >= 0.6 is 11.6 Å². The molecule has 1 amide bonds. The number of quaternary nitrogens is 1. The van der Waals surface area contributed by atoms with E-state index in [0.29, 0.717) is 5.02 Å². The number of nitrogens with one attached hydrogen (secondary N) is 1. The first kappa shape index (κ1) is 18.7. The molecule has 0 radical (unpaired) electrons. The lowest BCUT2D eigenvalue weighted by Gasteiger charge is -2.29. The summed E-state index contributed by atoms with van der Waals surface area (Å²) in [5.74, 6) is 0. The number of carbonyl (C=O) groups is 1. The molecule has 1 saturated heterocycles. The van der Waals surface area contributed by atoms with Gasteiger partial charge in [0, 0.05) is 24.9 Å². The molecule has 3 rings (SSSR count). The Balaban J connectivity index is 1.70. The third-order valence-corrected chi connectivity index (χ3v) is 5.22. The number of carbonyl (C=O) groups excluding carboxylic acids is 1. The van der Waals surface area contributed by atoms with Crippen LogP contribution in [-0.4, -0.2) is 37.7 Å². The Bertz CT molecular complexity index is 717. The van der Waals surface area contributed by atoms with E-state index in [2.05, 4.69) is 0 Å². The van der Waals surface area contributed by atoms with Crippen molar-refractivity contribution >= 4 is 17.7 Å². The van der Waals surface area contributed by atoms with Crippen LogP contribution in [0.15, 0.2) is 54.6 Å². The van der Waals surface area contributed by atoms with Gasteiger partial charge in [-0.1, -0.05) is 54.1 Å². The average Bonchev–Trinajstić information content (AvgIpc) is 3.18. The summed E-state index contributed by atoms with van der Waals surface area (Å²) in [5.41, 5.74) is 2.04. The Morgan fingerprint density at radius 2 is 1.88 bits per heavy atom. The number of ether oxygens (including phenoxy) is 1. The maximum absolute atomic E-state index is 12.7. The molecule has 0 aromatic heterocycles. The minimum Gasteiger partial charge on any atom is -0.445 e. The number of amides is 1. The molecule has 1 atom stereocenters. The molecule has 0 unspecified atom stereocenters. The largest absolute Gasteiger partial charge is 0.445 e. The van der Waals surface area contributed by atoms with Gasteiger partial charge in [0.15, 0.2) is 0 Å². The number of halogens is 1. The highest BCUT2D eigenvalue weighted by molar-refractivity contribution is 6.30. The molecule has 4 nitrogen and oxygen atoms in total. The Morgan fingerprint density at radius 1 is 1.15 bits per heavy atom. The van der Waals surface area contributed by atoms with Crippen LogP contribution in [-0.2, 0) is 11.3 Å². The molecule has 0 aliphatic carbocycles. The highest BCUT2D eigenvalue weighted by Crippen LogP contribution is 2.22. The topological polar surface area (TPSA) is 34.0 Å². The second-order valence-corrected chi connectivity index (χ2v) is 7.32. The van der Waals surface area contributed by atoms with E-state index in [1.807, 2.05) is 61.6 Å². The SMILES string of the molecule is CN(C(=O)OCc1ccccc1)[C@H](C[NH+]1CCCC1)c1cccc(Cl)c1. The van der Waals surface area contributed by atoms with Gasteiger partial charge in [-0.3, -0.25) is 4.90 Å². The lowest BCUT2D eigenvalue weighted by atomic mass is 10.1. The number of likely N-dealkylation sites (tertiary alicyclic amines) is 1. The van der Waals surface area contributed by atoms with Crippen LogP contribution in [0.1, 0.15) is 30.0 Å². The molecule has 0 spiro atoms. The monoisotopic (exact) mass is 373 g/mol. The molecule has 138 valence electrons. The molecule has 1 heterocycles. The highest BCUT2D eigenvalue weighted by Gasteiger charge is 2.29. The number of nitrogens with zero attached hydrogens (tertiary/aromatic N) is 1. The number of benzene rings is 2. The molecule has 1 N–H and O–H groups in total. The summed E-state index contributed by atoms with van der Waals surface area (Å²) < 4.78 is 5.53. The van der Waals surface area contributed by atoms with E-state index in [1.165, 1.54) is 17.7 Å². The molecule has 0 bridgehead atoms. The highest BCUT2D eigenvalue weighted by atomic mass is 35.5. The van der Waals surface area contributed by atoms with E-state index in [1.54, 1.807) is 4.90 Å². The maximum atomic E-state index is 12.7. The predicted octanol–water partition coefficient (Wildman–Crippen LogP) is 3.33. The Hall–Kier alpha value is -2.04. The zero-order valence-corrected chi connectivity index (χ0v) is 15.9. The standard InChI is InChI=1S/C21H25ClN2O2/c1-23(21(25)26-16-17-8-3-2-4-9-17)20(15-24-12-5-6-13-24)18-10-7-11-19(22)14-18/h2-4,7-11,14,20H,5-6,12-13,15-16H2,1H3/p+1/t20-/m1/s1. The van der Waals surface area contributed by atoms with E-state index in [0.717, 1.165) is 30.8 Å². The second-order valence-electron chi connectivity index (χ2n) is 6.88. The Labute approximate surface area is 160 Å². The molecule has 26 heavy (non-hydrogen) atoms. The van der Waals surface area contributed by atoms with E-state index in [4.69, 9.17) is 16.3 Å². The van der Waals surface area contributed by atoms with E-state index in [9.17, 15) is 4.79 Å². The summed E-state index contributed by atoms with van der Waals surface area (Å²) in [5, 5.41) is 0.690. The molecular weight excluding hydrogens is 348 g/mol. The van der Waals surface area contributed by atoms with Crippen molar-refractivity contribution in [2.24, 2.45) is 0 Å². The van der Waals surface area contributed by atoms with Gasteiger partial charge in [-0.15, -0.1) is 0 Å². The fraction of sp³-hybridized carbons (Fsp3) is 0.381. The van der Waals surface area contributed by atoms with Crippen LogP contribution in [0.3, 0.4) is 0 Å². The normalized spacial score (nSPS) is 15.6. The van der Waals surface area contributed by atoms with Crippen molar-refractivity contribution in [1.82, 2.24) is 4.90 Å². The third-order valence-electron chi connectivity index (χ3n) is 4.99. The van der Waals surface area contributed by atoms with Crippen molar-refractivity contribution < 1.29 is 14.4 Å². The minimum atomic E-state index is -0.308. The smallest absolute Gasteiger partial charge is 0.410 e. The molecule has 5 heteroatoms. The summed E-state index contributed by atoms with van der Waals surface area (Å²) >= 11 is 6.19. The van der Waals surface area contributed by atoms with Gasteiger partial charge in [-0.05, 0) is 23.3 Å². The van der Waals surface area contributed by atoms with Crippen molar-refractivity contribution in [2.75, 3.05) is 26.7 Å². The first-order chi connectivity index (χ1) is 12.6. The molecule has 1 aliphatic heterocycles. The van der Waals surface area contributed by atoms with Gasteiger partial charge in [0.25, 0.3) is 0 Å². The van der Waals surface area contributed by atoms with Gasteiger partial charge in [0.2, 0.25) is 0 Å². The van der Waals surface area contributed by atoms with Crippen LogP contribution in [0, 0.1) is 0 Å². The Morgan fingerprint density at radius 3 is 2.58 bits per heavy atom. The third kappa shape index (κ3) is 4.99. The fourth-order valence-electron chi connectivity index (χ4n) is 3.49. The van der Waals surface area contributed by atoms with Crippen molar-refractivity contribution in [3.05, 3.63) is 70.7 Å². The van der Waals surface area contributed by atoms with E-state index >= 15 is 0 Å². The average molecular weight is 374 g/mol. The van der Waals surface area contributed by atoms with Gasteiger partial charge in [0.1, 0.15) is 19.2 Å². The zero-order chi connectivity index (χ0) is 18.4. The van der Waals surface area contributed by atoms with Crippen LogP contribution in [0.4, 0.5) is 4.79 Å². The van der Waals surface area contributed by atoms with E-state index in [-0.39, 0.29) is 18.7 Å². The van der Waals surface area contributed by atoms with Gasteiger partial charge in [-0.25, -0.2) is 4.79 Å². The van der Waals surface area contributed by atoms with Crippen LogP contribution in [0.25, 0.3) is 0 Å². The van der Waals surface area contributed by atoms with Crippen LogP contribution in [0.2, 0.25) is 5.02 Å². The van der Waals surface area contributed by atoms with Crippen molar-refractivity contribution in [3.63, 3.8) is 0 Å². The predicted molar refractivity (Wildman–Crippen MR) is 103 cm³/mol. The molecule has 1 aliphatic rings. The van der Waals surface area contributed by atoms with Gasteiger partial charge < -0.3 is 9.64 Å². The zero-order valence-electron chi connectivity index (χ0n) is 15.2. The van der Waals surface area contributed by atoms with Crippen LogP contribution < -0.4 is 4.90 Å². The maximum Gasteiger partial charge on any atom is 0.410 e. The van der Waals surface area contributed by atoms with Gasteiger partial charge in [0.05, 0.1) is 13.1 Å². The summed E-state index contributed by atoms with van der Waals surface area (Å²) in [4.78, 5) is 15.9. The fourth-order valence-corrected chi connectivity index (χ4v) is 3.69. The first-order valence-corrected chi connectivity index (χ1v) is 9.54. The molecule has 1 fully saturated rings. The number of hydrogen-bond acceptors (Lipinski definition) is 2. The second kappa shape index (κ2) is 9.06. The molecular formula is C21H26ClN2O2+.